The molecule has 0 spiro atoms. The maximum absolute atomic E-state index is 12.6. The van der Waals surface area contributed by atoms with Gasteiger partial charge in [-0.05, 0) is 42.5 Å². The standard InChI is InChI=1S/C20H18N2O4S/c1-27(24,25)22-16-9-7-8-15(14-16)20(23)21-18-12-5-6-13-19(18)26-17-10-3-2-4-11-17/h2-14,22H,1H3,(H,21,23). The molecule has 138 valence electrons. The molecule has 0 bridgehead atoms. The molecule has 7 heteroatoms. The van der Waals surface area contributed by atoms with E-state index < -0.39 is 10.0 Å². The lowest BCUT2D eigenvalue weighted by Crippen LogP contribution is -2.14. The van der Waals surface area contributed by atoms with Crippen LogP contribution in [-0.2, 0) is 10.0 Å². The van der Waals surface area contributed by atoms with Crippen molar-refractivity contribution in [1.82, 2.24) is 0 Å². The second-order valence-corrected chi connectivity index (χ2v) is 7.57. The van der Waals surface area contributed by atoms with Gasteiger partial charge in [0.05, 0.1) is 11.9 Å². The number of amides is 1. The van der Waals surface area contributed by atoms with E-state index in [9.17, 15) is 13.2 Å². The normalized spacial score (nSPS) is 10.9. The summed E-state index contributed by atoms with van der Waals surface area (Å²) in [6.07, 6.45) is 1.05. The monoisotopic (exact) mass is 382 g/mol. The van der Waals surface area contributed by atoms with E-state index in [1.54, 1.807) is 36.4 Å². The summed E-state index contributed by atoms with van der Waals surface area (Å²) in [5, 5.41) is 2.80. The van der Waals surface area contributed by atoms with E-state index in [1.165, 1.54) is 6.07 Å². The number of hydrogen-bond acceptors (Lipinski definition) is 4. The van der Waals surface area contributed by atoms with Gasteiger partial charge in [-0.2, -0.15) is 0 Å². The van der Waals surface area contributed by atoms with Crippen molar-refractivity contribution in [2.24, 2.45) is 0 Å². The second-order valence-electron chi connectivity index (χ2n) is 5.82. The molecule has 2 N–H and O–H groups in total. The van der Waals surface area contributed by atoms with Gasteiger partial charge in [0.1, 0.15) is 5.75 Å². The molecule has 0 fully saturated rings. The van der Waals surface area contributed by atoms with Gasteiger partial charge in [0.15, 0.2) is 5.75 Å². The summed E-state index contributed by atoms with van der Waals surface area (Å²) in [7, 11) is -3.42. The quantitative estimate of drug-likeness (QED) is 0.672. The summed E-state index contributed by atoms with van der Waals surface area (Å²) in [6, 6.07) is 22.6. The third-order valence-corrected chi connectivity index (χ3v) is 4.14. The summed E-state index contributed by atoms with van der Waals surface area (Å²) in [6.45, 7) is 0. The van der Waals surface area contributed by atoms with Crippen LogP contribution in [0.2, 0.25) is 0 Å². The molecule has 0 aliphatic rings. The van der Waals surface area contributed by atoms with Crippen molar-refractivity contribution in [3.8, 4) is 11.5 Å². The van der Waals surface area contributed by atoms with E-state index in [0.29, 0.717) is 28.4 Å². The van der Waals surface area contributed by atoms with E-state index in [2.05, 4.69) is 10.0 Å². The molecule has 27 heavy (non-hydrogen) atoms. The van der Waals surface area contributed by atoms with Gasteiger partial charge in [-0.25, -0.2) is 8.42 Å². The molecule has 0 aliphatic carbocycles. The van der Waals surface area contributed by atoms with Crippen molar-refractivity contribution in [2.75, 3.05) is 16.3 Å². The molecule has 0 aliphatic heterocycles. The van der Waals surface area contributed by atoms with Crippen molar-refractivity contribution in [2.45, 2.75) is 0 Å². The van der Waals surface area contributed by atoms with Gasteiger partial charge in [0.2, 0.25) is 10.0 Å². The largest absolute Gasteiger partial charge is 0.455 e. The van der Waals surface area contributed by atoms with Crippen LogP contribution in [0.4, 0.5) is 11.4 Å². The summed E-state index contributed by atoms with van der Waals surface area (Å²) in [5.41, 5.74) is 1.14. The molecule has 0 aromatic heterocycles. The number of rotatable bonds is 6. The second kappa shape index (κ2) is 7.92. The van der Waals surface area contributed by atoms with Gasteiger partial charge < -0.3 is 10.1 Å². The first-order valence-electron chi connectivity index (χ1n) is 8.12. The van der Waals surface area contributed by atoms with Crippen LogP contribution in [0.5, 0.6) is 11.5 Å². The average molecular weight is 382 g/mol. The summed E-state index contributed by atoms with van der Waals surface area (Å²) in [4.78, 5) is 12.6. The SMILES string of the molecule is CS(=O)(=O)Nc1cccc(C(=O)Nc2ccccc2Oc2ccccc2)c1. The minimum Gasteiger partial charge on any atom is -0.455 e. The van der Waals surface area contributed by atoms with Crippen LogP contribution >= 0.6 is 0 Å². The van der Waals surface area contributed by atoms with E-state index in [0.717, 1.165) is 6.26 Å². The first kappa shape index (κ1) is 18.5. The number of sulfonamides is 1. The number of anilines is 2. The Morgan fingerprint density at radius 2 is 1.59 bits per heavy atom. The fraction of sp³-hybridized carbons (Fsp3) is 0.0500. The molecule has 6 nitrogen and oxygen atoms in total. The van der Waals surface area contributed by atoms with Crippen LogP contribution in [0.3, 0.4) is 0 Å². The van der Waals surface area contributed by atoms with Gasteiger partial charge in [-0.3, -0.25) is 9.52 Å². The fourth-order valence-corrected chi connectivity index (χ4v) is 2.96. The van der Waals surface area contributed by atoms with E-state index in [1.807, 2.05) is 36.4 Å². The third kappa shape index (κ3) is 5.32. The molecule has 3 aromatic rings. The Hall–Kier alpha value is -3.32. The molecule has 0 unspecified atom stereocenters. The predicted molar refractivity (Wildman–Crippen MR) is 106 cm³/mol. The Morgan fingerprint density at radius 3 is 2.33 bits per heavy atom. The van der Waals surface area contributed by atoms with Crippen LogP contribution in [0, 0.1) is 0 Å². The predicted octanol–water partition coefficient (Wildman–Crippen LogP) is 4.10. The number of hydrogen-bond donors (Lipinski definition) is 2. The Labute approximate surface area is 157 Å². The highest BCUT2D eigenvalue weighted by atomic mass is 32.2. The van der Waals surface area contributed by atoms with Crippen molar-refractivity contribution < 1.29 is 17.9 Å². The number of benzene rings is 3. The highest BCUT2D eigenvalue weighted by molar-refractivity contribution is 7.92. The number of nitrogens with one attached hydrogen (secondary N) is 2. The zero-order valence-electron chi connectivity index (χ0n) is 14.5. The van der Waals surface area contributed by atoms with Gasteiger partial charge in [-0.1, -0.05) is 36.4 Å². The van der Waals surface area contributed by atoms with Gasteiger partial charge in [0.25, 0.3) is 5.91 Å². The average Bonchev–Trinajstić information content (AvgIpc) is 2.63. The summed E-state index contributed by atoms with van der Waals surface area (Å²) >= 11 is 0. The van der Waals surface area contributed by atoms with Crippen molar-refractivity contribution >= 4 is 27.3 Å². The molecule has 0 saturated heterocycles. The molecule has 0 radical (unpaired) electrons. The maximum Gasteiger partial charge on any atom is 0.255 e. The Bertz CT molecular complexity index is 1050. The molecule has 1 amide bonds. The maximum atomic E-state index is 12.6. The Morgan fingerprint density at radius 1 is 0.889 bits per heavy atom. The zero-order chi connectivity index (χ0) is 19.3. The van der Waals surface area contributed by atoms with Crippen molar-refractivity contribution in [1.29, 1.82) is 0 Å². The number of para-hydroxylation sites is 3. The molecular formula is C20H18N2O4S. The van der Waals surface area contributed by atoms with E-state index in [-0.39, 0.29) is 5.91 Å². The highest BCUT2D eigenvalue weighted by Gasteiger charge is 2.12. The molecule has 0 heterocycles. The van der Waals surface area contributed by atoms with Gasteiger partial charge >= 0.3 is 0 Å². The van der Waals surface area contributed by atoms with Crippen LogP contribution in [0.25, 0.3) is 0 Å². The highest BCUT2D eigenvalue weighted by Crippen LogP contribution is 2.29. The number of ether oxygens (including phenoxy) is 1. The lowest BCUT2D eigenvalue weighted by molar-refractivity contribution is 0.102. The van der Waals surface area contributed by atoms with E-state index in [4.69, 9.17) is 4.74 Å². The van der Waals surface area contributed by atoms with Crippen molar-refractivity contribution in [3.63, 3.8) is 0 Å². The molecule has 0 saturated carbocycles. The Balaban J connectivity index is 1.80. The Kier molecular flexibility index (Phi) is 5.42. The van der Waals surface area contributed by atoms with Crippen LogP contribution in [-0.4, -0.2) is 20.6 Å². The zero-order valence-corrected chi connectivity index (χ0v) is 15.4. The first-order valence-corrected chi connectivity index (χ1v) is 10.0. The van der Waals surface area contributed by atoms with Crippen LogP contribution in [0.1, 0.15) is 10.4 Å². The minimum atomic E-state index is -3.42. The van der Waals surface area contributed by atoms with Crippen molar-refractivity contribution in [3.05, 3.63) is 84.4 Å². The van der Waals surface area contributed by atoms with Gasteiger partial charge in [0, 0.05) is 11.3 Å². The first-order chi connectivity index (χ1) is 12.9. The number of carbonyl (C=O) groups excluding carboxylic acids is 1. The molecule has 3 aromatic carbocycles. The third-order valence-electron chi connectivity index (χ3n) is 3.53. The molecular weight excluding hydrogens is 364 g/mol. The fourth-order valence-electron chi connectivity index (χ4n) is 2.41. The van der Waals surface area contributed by atoms with Gasteiger partial charge in [-0.15, -0.1) is 0 Å². The summed E-state index contributed by atoms with van der Waals surface area (Å²) < 4.78 is 30.9. The van der Waals surface area contributed by atoms with E-state index >= 15 is 0 Å². The minimum absolute atomic E-state index is 0.318. The lowest BCUT2D eigenvalue weighted by atomic mass is 10.2. The number of carbonyl (C=O) groups is 1. The molecule has 0 atom stereocenters. The summed E-state index contributed by atoms with van der Waals surface area (Å²) in [5.74, 6) is 0.775. The topological polar surface area (TPSA) is 84.5 Å². The molecule has 3 rings (SSSR count). The van der Waals surface area contributed by atoms with Crippen LogP contribution < -0.4 is 14.8 Å². The smallest absolute Gasteiger partial charge is 0.255 e. The van der Waals surface area contributed by atoms with Crippen LogP contribution in [0.15, 0.2) is 78.9 Å². The lowest BCUT2D eigenvalue weighted by Gasteiger charge is -2.12.